The predicted octanol–water partition coefficient (Wildman–Crippen LogP) is 4.70. The van der Waals surface area contributed by atoms with E-state index in [0.29, 0.717) is 5.56 Å². The second kappa shape index (κ2) is 7.66. The van der Waals surface area contributed by atoms with Gasteiger partial charge in [-0.25, -0.2) is 0 Å². The van der Waals surface area contributed by atoms with E-state index < -0.39 is 0 Å². The monoisotopic (exact) mass is 366 g/mol. The summed E-state index contributed by atoms with van der Waals surface area (Å²) in [5, 5.41) is 16.2. The van der Waals surface area contributed by atoms with Crippen LogP contribution < -0.4 is 10.6 Å². The largest absolute Gasteiger partial charge is 0.355 e. The minimum absolute atomic E-state index is 0.140. The third-order valence-electron chi connectivity index (χ3n) is 4.31. The average Bonchev–Trinajstić information content (AvgIpc) is 3.06. The van der Waals surface area contributed by atoms with Crippen molar-refractivity contribution in [1.82, 2.24) is 15.5 Å². The highest BCUT2D eigenvalue weighted by atomic mass is 32.1. The minimum Gasteiger partial charge on any atom is -0.355 e. The van der Waals surface area contributed by atoms with Gasteiger partial charge in [0.15, 0.2) is 0 Å². The van der Waals surface area contributed by atoms with Crippen molar-refractivity contribution in [2.24, 2.45) is 0 Å². The topological polar surface area (TPSA) is 66.9 Å². The maximum atomic E-state index is 12.8. The number of benzene rings is 2. The van der Waals surface area contributed by atoms with Gasteiger partial charge in [0.2, 0.25) is 0 Å². The van der Waals surface area contributed by atoms with Crippen molar-refractivity contribution in [3.8, 4) is 0 Å². The van der Waals surface area contributed by atoms with Crippen molar-refractivity contribution < 1.29 is 4.79 Å². The first-order valence-electron chi connectivity index (χ1n) is 8.49. The van der Waals surface area contributed by atoms with Crippen LogP contribution in [0.5, 0.6) is 0 Å². The highest BCUT2D eigenvalue weighted by molar-refractivity contribution is 7.11. The molecule has 0 bridgehead atoms. The van der Waals surface area contributed by atoms with Crippen LogP contribution in [-0.2, 0) is 0 Å². The Balaban J connectivity index is 1.82. The Labute approximate surface area is 157 Å². The van der Waals surface area contributed by atoms with Gasteiger partial charge in [0, 0.05) is 5.69 Å². The lowest BCUT2D eigenvalue weighted by atomic mass is 10.1. The van der Waals surface area contributed by atoms with Crippen LogP contribution in [0.3, 0.4) is 0 Å². The molecule has 1 amide bonds. The number of nitrogens with zero attached hydrogens (tertiary/aromatic N) is 2. The first-order valence-corrected chi connectivity index (χ1v) is 9.30. The third-order valence-corrected chi connectivity index (χ3v) is 5.33. The molecule has 0 fully saturated rings. The van der Waals surface area contributed by atoms with Crippen LogP contribution in [-0.4, -0.2) is 16.1 Å². The van der Waals surface area contributed by atoms with Crippen LogP contribution in [0.25, 0.3) is 0 Å². The molecule has 0 aliphatic rings. The molecular formula is C20H22N4OS. The Morgan fingerprint density at radius 1 is 1.00 bits per heavy atom. The number of rotatable bonds is 5. The molecule has 2 aromatic carbocycles. The lowest BCUT2D eigenvalue weighted by molar-refractivity contribution is 0.0940. The van der Waals surface area contributed by atoms with Crippen LogP contribution in [0, 0.1) is 20.8 Å². The lowest BCUT2D eigenvalue weighted by Gasteiger charge is -2.16. The smallest absolute Gasteiger partial charge is 0.253 e. The highest BCUT2D eigenvalue weighted by Gasteiger charge is 2.17. The van der Waals surface area contributed by atoms with E-state index in [4.69, 9.17) is 0 Å². The first-order chi connectivity index (χ1) is 12.5. The normalized spacial score (nSPS) is 11.8. The third kappa shape index (κ3) is 3.91. The molecule has 0 aliphatic heterocycles. The number of carbonyl (C=O) groups excluding carboxylic acids is 1. The van der Waals surface area contributed by atoms with E-state index in [1.54, 1.807) is 0 Å². The molecule has 1 heterocycles. The number of anilines is 2. The summed E-state index contributed by atoms with van der Waals surface area (Å²) in [6.07, 6.45) is 0. The van der Waals surface area contributed by atoms with Crippen molar-refractivity contribution in [1.29, 1.82) is 0 Å². The molecule has 1 atom stereocenters. The number of para-hydroxylation sites is 1. The van der Waals surface area contributed by atoms with E-state index in [0.717, 1.165) is 21.4 Å². The molecule has 0 aliphatic carbocycles. The van der Waals surface area contributed by atoms with Gasteiger partial charge in [-0.05, 0) is 57.0 Å². The van der Waals surface area contributed by atoms with Crippen molar-refractivity contribution in [2.45, 2.75) is 33.7 Å². The Morgan fingerprint density at radius 3 is 2.46 bits per heavy atom. The summed E-state index contributed by atoms with van der Waals surface area (Å²) in [5.74, 6) is -0.140. The van der Waals surface area contributed by atoms with Crippen LogP contribution in [0.15, 0.2) is 42.5 Å². The molecule has 6 heteroatoms. The lowest BCUT2D eigenvalue weighted by Crippen LogP contribution is -2.27. The van der Waals surface area contributed by atoms with Gasteiger partial charge in [-0.15, -0.1) is 10.2 Å². The molecule has 0 unspecified atom stereocenters. The van der Waals surface area contributed by atoms with Gasteiger partial charge in [-0.1, -0.05) is 35.6 Å². The fourth-order valence-corrected chi connectivity index (χ4v) is 3.35. The number of aryl methyl sites for hydroxylation is 2. The number of nitrogens with one attached hydrogen (secondary N) is 2. The summed E-state index contributed by atoms with van der Waals surface area (Å²) in [7, 11) is 0. The van der Waals surface area contributed by atoms with Crippen LogP contribution >= 0.6 is 11.3 Å². The molecule has 5 nitrogen and oxygen atoms in total. The van der Waals surface area contributed by atoms with Gasteiger partial charge in [0.05, 0.1) is 17.3 Å². The minimum atomic E-state index is -0.192. The van der Waals surface area contributed by atoms with E-state index in [9.17, 15) is 4.79 Å². The van der Waals surface area contributed by atoms with Crippen LogP contribution in [0.2, 0.25) is 0 Å². The summed E-state index contributed by atoms with van der Waals surface area (Å²) in [6.45, 7) is 7.96. The second-order valence-electron chi connectivity index (χ2n) is 6.27. The molecule has 3 rings (SSSR count). The zero-order valence-electron chi connectivity index (χ0n) is 15.3. The van der Waals surface area contributed by atoms with E-state index in [1.807, 2.05) is 50.2 Å². The number of hydrogen-bond acceptors (Lipinski definition) is 5. The van der Waals surface area contributed by atoms with Gasteiger partial charge in [-0.2, -0.15) is 0 Å². The molecule has 3 aromatic rings. The number of aromatic nitrogens is 2. The Hall–Kier alpha value is -2.73. The van der Waals surface area contributed by atoms with E-state index in [-0.39, 0.29) is 11.9 Å². The average molecular weight is 366 g/mol. The Bertz CT molecular complexity index is 935. The maximum Gasteiger partial charge on any atom is 0.253 e. The van der Waals surface area contributed by atoms with Crippen molar-refractivity contribution in [3.05, 3.63) is 69.2 Å². The summed E-state index contributed by atoms with van der Waals surface area (Å²) < 4.78 is 0. The molecular weight excluding hydrogens is 344 g/mol. The molecule has 0 spiro atoms. The Kier molecular flexibility index (Phi) is 5.32. The van der Waals surface area contributed by atoms with Gasteiger partial charge < -0.3 is 10.6 Å². The zero-order valence-corrected chi connectivity index (χ0v) is 16.1. The van der Waals surface area contributed by atoms with E-state index in [1.165, 1.54) is 22.5 Å². The second-order valence-corrected chi connectivity index (χ2v) is 7.49. The Morgan fingerprint density at radius 2 is 1.73 bits per heavy atom. The predicted molar refractivity (Wildman–Crippen MR) is 106 cm³/mol. The number of amides is 1. The van der Waals surface area contributed by atoms with Crippen molar-refractivity contribution in [2.75, 3.05) is 5.32 Å². The van der Waals surface area contributed by atoms with Crippen LogP contribution in [0.1, 0.15) is 44.5 Å². The fourth-order valence-electron chi connectivity index (χ4n) is 2.64. The van der Waals surface area contributed by atoms with Gasteiger partial charge in [0.25, 0.3) is 5.91 Å². The summed E-state index contributed by atoms with van der Waals surface area (Å²) >= 11 is 1.49. The van der Waals surface area contributed by atoms with Crippen molar-refractivity contribution >= 4 is 28.6 Å². The van der Waals surface area contributed by atoms with Crippen LogP contribution in [0.4, 0.5) is 11.4 Å². The standard InChI is InChI=1S/C20H22N4OS/c1-12-8-7-11-17(13(12)2)22-18-10-6-5-9-16(18)19(25)21-14(3)20-24-23-15(4)26-20/h5-11,14,22H,1-4H3,(H,21,25)/t14-/m1/s1. The van der Waals surface area contributed by atoms with E-state index in [2.05, 4.69) is 40.7 Å². The first kappa shape index (κ1) is 18.1. The molecule has 2 N–H and O–H groups in total. The number of carbonyl (C=O) groups is 1. The maximum absolute atomic E-state index is 12.8. The SMILES string of the molecule is Cc1nnc([C@@H](C)NC(=O)c2ccccc2Nc2cccc(C)c2C)s1. The van der Waals surface area contributed by atoms with Gasteiger partial charge in [-0.3, -0.25) is 4.79 Å². The quantitative estimate of drug-likeness (QED) is 0.687. The summed E-state index contributed by atoms with van der Waals surface area (Å²) in [5.41, 5.74) is 4.75. The molecule has 0 radical (unpaired) electrons. The van der Waals surface area contributed by atoms with E-state index >= 15 is 0 Å². The highest BCUT2D eigenvalue weighted by Crippen LogP contribution is 2.26. The van der Waals surface area contributed by atoms with Gasteiger partial charge in [0.1, 0.15) is 10.0 Å². The summed E-state index contributed by atoms with van der Waals surface area (Å²) in [6, 6.07) is 13.4. The zero-order chi connectivity index (χ0) is 18.7. The number of hydrogen-bond donors (Lipinski definition) is 2. The molecule has 134 valence electrons. The fraction of sp³-hybridized carbons (Fsp3) is 0.250. The molecule has 0 saturated carbocycles. The summed E-state index contributed by atoms with van der Waals surface area (Å²) in [4.78, 5) is 12.8. The molecule has 0 saturated heterocycles. The van der Waals surface area contributed by atoms with Gasteiger partial charge >= 0.3 is 0 Å². The molecule has 1 aromatic heterocycles. The molecule has 26 heavy (non-hydrogen) atoms. The van der Waals surface area contributed by atoms with Crippen molar-refractivity contribution in [3.63, 3.8) is 0 Å².